The van der Waals surface area contributed by atoms with E-state index in [-0.39, 0.29) is 0 Å². The molecule has 6 heteroatoms. The van der Waals surface area contributed by atoms with Crippen LogP contribution >= 0.6 is 0 Å². The van der Waals surface area contributed by atoms with Gasteiger partial charge in [0.25, 0.3) is 0 Å². The van der Waals surface area contributed by atoms with Crippen LogP contribution in [0.4, 0.5) is 0 Å². The molecular weight excluding hydrogens is 340 g/mol. The molecule has 0 amide bonds. The topological polar surface area (TPSA) is 58.1 Å². The average molecular weight is 377 g/mol. The monoisotopic (exact) mass is 376 g/mol. The van der Waals surface area contributed by atoms with Crippen molar-refractivity contribution in [2.24, 2.45) is 10.9 Å². The Kier molecular flexibility index (Phi) is 8.72. The molecule has 1 aliphatic carbocycles. The third-order valence-corrected chi connectivity index (χ3v) is 5.47. The van der Waals surface area contributed by atoms with Crippen molar-refractivity contribution in [3.05, 3.63) is 23.8 Å². The van der Waals surface area contributed by atoms with Crippen LogP contribution in [0.3, 0.4) is 0 Å². The van der Waals surface area contributed by atoms with Crippen LogP contribution in [0.5, 0.6) is 11.5 Å². The molecular formula is C21H36N4O2. The van der Waals surface area contributed by atoms with Gasteiger partial charge in [-0.25, -0.2) is 0 Å². The first-order valence-corrected chi connectivity index (χ1v) is 9.90. The SMILES string of the molecule is CN=C(NCc1ccc(OC)c(OC)c1)NCC(C1CCCCC1)N(C)C. The van der Waals surface area contributed by atoms with E-state index in [0.717, 1.165) is 35.5 Å². The van der Waals surface area contributed by atoms with E-state index in [2.05, 4.69) is 34.6 Å². The number of guanidine groups is 1. The minimum Gasteiger partial charge on any atom is -0.493 e. The van der Waals surface area contributed by atoms with E-state index in [0.29, 0.717) is 12.6 Å². The maximum absolute atomic E-state index is 5.38. The molecule has 27 heavy (non-hydrogen) atoms. The summed E-state index contributed by atoms with van der Waals surface area (Å²) in [6.45, 7) is 1.58. The first-order chi connectivity index (χ1) is 13.1. The van der Waals surface area contributed by atoms with Gasteiger partial charge in [-0.2, -0.15) is 0 Å². The fourth-order valence-electron chi connectivity index (χ4n) is 3.89. The van der Waals surface area contributed by atoms with E-state index in [1.807, 2.05) is 25.2 Å². The number of ether oxygens (including phenoxy) is 2. The van der Waals surface area contributed by atoms with Crippen LogP contribution < -0.4 is 20.1 Å². The molecule has 2 N–H and O–H groups in total. The number of nitrogens with one attached hydrogen (secondary N) is 2. The van der Waals surface area contributed by atoms with E-state index >= 15 is 0 Å². The summed E-state index contributed by atoms with van der Waals surface area (Å²) in [5.74, 6) is 3.08. The van der Waals surface area contributed by atoms with Crippen molar-refractivity contribution < 1.29 is 9.47 Å². The molecule has 0 spiro atoms. The van der Waals surface area contributed by atoms with Gasteiger partial charge >= 0.3 is 0 Å². The van der Waals surface area contributed by atoms with Gasteiger partial charge in [0, 0.05) is 26.2 Å². The number of rotatable bonds is 8. The molecule has 1 unspecified atom stereocenters. The van der Waals surface area contributed by atoms with Crippen LogP contribution in [-0.4, -0.2) is 58.8 Å². The van der Waals surface area contributed by atoms with Crippen LogP contribution in [0.25, 0.3) is 0 Å². The smallest absolute Gasteiger partial charge is 0.191 e. The van der Waals surface area contributed by atoms with Gasteiger partial charge in [0.05, 0.1) is 14.2 Å². The quantitative estimate of drug-likeness (QED) is 0.540. The summed E-state index contributed by atoms with van der Waals surface area (Å²) in [7, 11) is 9.48. The van der Waals surface area contributed by atoms with Crippen molar-refractivity contribution in [2.45, 2.75) is 44.7 Å². The van der Waals surface area contributed by atoms with Crippen molar-refractivity contribution in [3.63, 3.8) is 0 Å². The molecule has 0 aliphatic heterocycles. The Morgan fingerprint density at radius 1 is 1.11 bits per heavy atom. The lowest BCUT2D eigenvalue weighted by Gasteiger charge is -2.35. The summed E-state index contributed by atoms with van der Waals surface area (Å²) in [6, 6.07) is 6.48. The largest absolute Gasteiger partial charge is 0.493 e. The maximum atomic E-state index is 5.38. The van der Waals surface area contributed by atoms with Gasteiger partial charge in [0.1, 0.15) is 0 Å². The first kappa shape index (κ1) is 21.4. The first-order valence-electron chi connectivity index (χ1n) is 9.90. The summed E-state index contributed by atoms with van der Waals surface area (Å²) >= 11 is 0. The van der Waals surface area contributed by atoms with Gasteiger partial charge in [0.15, 0.2) is 17.5 Å². The lowest BCUT2D eigenvalue weighted by molar-refractivity contribution is 0.171. The van der Waals surface area contributed by atoms with Gasteiger partial charge in [-0.05, 0) is 50.6 Å². The van der Waals surface area contributed by atoms with Crippen LogP contribution in [0, 0.1) is 5.92 Å². The molecule has 1 fully saturated rings. The highest BCUT2D eigenvalue weighted by Gasteiger charge is 2.25. The highest BCUT2D eigenvalue weighted by atomic mass is 16.5. The van der Waals surface area contributed by atoms with Gasteiger partial charge in [0.2, 0.25) is 0 Å². The highest BCUT2D eigenvalue weighted by Crippen LogP contribution is 2.28. The van der Waals surface area contributed by atoms with E-state index < -0.39 is 0 Å². The van der Waals surface area contributed by atoms with Gasteiger partial charge in [-0.3, -0.25) is 4.99 Å². The normalized spacial score (nSPS) is 16.9. The summed E-state index contributed by atoms with van der Waals surface area (Å²) in [4.78, 5) is 6.73. The molecule has 0 radical (unpaired) electrons. The number of benzene rings is 1. The van der Waals surface area contributed by atoms with Crippen molar-refractivity contribution in [3.8, 4) is 11.5 Å². The van der Waals surface area contributed by atoms with E-state index in [1.165, 1.54) is 32.1 Å². The standard InChI is InChI=1S/C21H36N4O2/c1-22-21(23-14-16-11-12-19(26-4)20(13-16)27-5)24-15-18(25(2)3)17-9-7-6-8-10-17/h11-13,17-18H,6-10,14-15H2,1-5H3,(H2,22,23,24). The Morgan fingerprint density at radius 2 is 1.81 bits per heavy atom. The molecule has 0 saturated heterocycles. The van der Waals surface area contributed by atoms with Crippen molar-refractivity contribution in [2.75, 3.05) is 41.9 Å². The molecule has 1 saturated carbocycles. The minimum atomic E-state index is 0.532. The second-order valence-corrected chi connectivity index (χ2v) is 7.43. The second-order valence-electron chi connectivity index (χ2n) is 7.43. The molecule has 6 nitrogen and oxygen atoms in total. The maximum Gasteiger partial charge on any atom is 0.191 e. The van der Waals surface area contributed by atoms with Crippen LogP contribution in [0.1, 0.15) is 37.7 Å². The van der Waals surface area contributed by atoms with Crippen molar-refractivity contribution in [1.29, 1.82) is 0 Å². The predicted molar refractivity (Wildman–Crippen MR) is 112 cm³/mol. The predicted octanol–water partition coefficient (Wildman–Crippen LogP) is 2.88. The molecule has 152 valence electrons. The molecule has 1 aliphatic rings. The van der Waals surface area contributed by atoms with E-state index in [4.69, 9.17) is 9.47 Å². The van der Waals surface area contributed by atoms with Gasteiger partial charge in [-0.15, -0.1) is 0 Å². The summed E-state index contributed by atoms with van der Waals surface area (Å²) in [6.07, 6.45) is 6.78. The third kappa shape index (κ3) is 6.31. The Morgan fingerprint density at radius 3 is 2.41 bits per heavy atom. The Hall–Kier alpha value is -1.95. The molecule has 2 rings (SSSR count). The summed E-state index contributed by atoms with van der Waals surface area (Å²) < 4.78 is 10.7. The molecule has 0 aromatic heterocycles. The molecule has 0 bridgehead atoms. The Balaban J connectivity index is 1.89. The van der Waals surface area contributed by atoms with Gasteiger partial charge in [-0.1, -0.05) is 25.3 Å². The Bertz CT molecular complexity index is 598. The minimum absolute atomic E-state index is 0.532. The van der Waals surface area contributed by atoms with E-state index in [9.17, 15) is 0 Å². The van der Waals surface area contributed by atoms with Crippen LogP contribution in [0.2, 0.25) is 0 Å². The number of methoxy groups -OCH3 is 2. The molecule has 0 heterocycles. The summed E-state index contributed by atoms with van der Waals surface area (Å²) in [5, 5.41) is 6.91. The van der Waals surface area contributed by atoms with Crippen LogP contribution in [0.15, 0.2) is 23.2 Å². The number of nitrogens with zero attached hydrogens (tertiary/aromatic N) is 2. The van der Waals surface area contributed by atoms with Crippen molar-refractivity contribution in [1.82, 2.24) is 15.5 Å². The highest BCUT2D eigenvalue weighted by molar-refractivity contribution is 5.79. The van der Waals surface area contributed by atoms with Crippen molar-refractivity contribution >= 4 is 5.96 Å². The zero-order valence-corrected chi connectivity index (χ0v) is 17.5. The number of aliphatic imine (C=N–C) groups is 1. The lowest BCUT2D eigenvalue weighted by atomic mass is 9.83. The van der Waals surface area contributed by atoms with E-state index in [1.54, 1.807) is 14.2 Å². The third-order valence-electron chi connectivity index (χ3n) is 5.47. The number of likely N-dealkylation sites (N-methyl/N-ethyl adjacent to an activating group) is 1. The second kappa shape index (κ2) is 11.0. The Labute approximate surface area is 164 Å². The number of hydrogen-bond donors (Lipinski definition) is 2. The fraction of sp³-hybridized carbons (Fsp3) is 0.667. The van der Waals surface area contributed by atoms with Crippen LogP contribution in [-0.2, 0) is 6.54 Å². The molecule has 1 atom stereocenters. The fourth-order valence-corrected chi connectivity index (χ4v) is 3.89. The summed E-state index contributed by atoms with van der Waals surface area (Å²) in [5.41, 5.74) is 1.12. The zero-order valence-electron chi connectivity index (χ0n) is 17.5. The zero-order chi connectivity index (χ0) is 19.6. The molecule has 1 aromatic carbocycles. The number of hydrogen-bond acceptors (Lipinski definition) is 4. The lowest BCUT2D eigenvalue weighted by Crippen LogP contribution is -2.48. The average Bonchev–Trinajstić information content (AvgIpc) is 2.70. The van der Waals surface area contributed by atoms with Gasteiger partial charge < -0.3 is 25.0 Å². The molecule has 1 aromatic rings.